The fraction of sp³-hybridized carbons (Fsp3) is 0.647. The lowest BCUT2D eigenvalue weighted by Gasteiger charge is -2.35. The van der Waals surface area contributed by atoms with Crippen LogP contribution >= 0.6 is 0 Å². The highest BCUT2D eigenvalue weighted by Gasteiger charge is 2.35. The first-order valence-corrected chi connectivity index (χ1v) is 7.77. The molecule has 0 aliphatic heterocycles. The van der Waals surface area contributed by atoms with Crippen molar-refractivity contribution in [2.45, 2.75) is 37.9 Å². The van der Waals surface area contributed by atoms with Crippen molar-refractivity contribution in [3.8, 4) is 5.75 Å². The Bertz CT molecular complexity index is 417. The number of rotatable bonds is 9. The lowest BCUT2D eigenvalue weighted by atomic mass is 9.99. The van der Waals surface area contributed by atoms with E-state index in [1.807, 2.05) is 19.2 Å². The van der Waals surface area contributed by atoms with Crippen molar-refractivity contribution in [3.63, 3.8) is 0 Å². The minimum Gasteiger partial charge on any atom is -0.497 e. The summed E-state index contributed by atoms with van der Waals surface area (Å²) in [7, 11) is 5.51. The molecule has 0 heterocycles. The predicted molar refractivity (Wildman–Crippen MR) is 85.9 cm³/mol. The second kappa shape index (κ2) is 7.78. The third-order valence-electron chi connectivity index (χ3n) is 4.36. The van der Waals surface area contributed by atoms with Gasteiger partial charge in [-0.05, 0) is 44.5 Å². The molecule has 2 unspecified atom stereocenters. The zero-order valence-electron chi connectivity index (χ0n) is 13.6. The van der Waals surface area contributed by atoms with E-state index in [-0.39, 0.29) is 0 Å². The second-order valence-corrected chi connectivity index (χ2v) is 5.74. The highest BCUT2D eigenvalue weighted by molar-refractivity contribution is 5.30. The van der Waals surface area contributed by atoms with E-state index >= 15 is 0 Å². The quantitative estimate of drug-likeness (QED) is 0.758. The molecule has 1 N–H and O–H groups in total. The molecule has 0 radical (unpaired) electrons. The molecule has 0 amide bonds. The molecular formula is C17H28N2O2. The normalized spacial score (nSPS) is 17.8. The summed E-state index contributed by atoms with van der Waals surface area (Å²) in [6.45, 7) is 4.09. The van der Waals surface area contributed by atoms with E-state index in [9.17, 15) is 0 Å². The Morgan fingerprint density at radius 3 is 2.38 bits per heavy atom. The van der Waals surface area contributed by atoms with Crippen LogP contribution in [0.3, 0.4) is 0 Å². The van der Waals surface area contributed by atoms with Crippen LogP contribution in [0.15, 0.2) is 24.3 Å². The molecule has 0 saturated heterocycles. The third-order valence-corrected chi connectivity index (χ3v) is 4.36. The molecule has 0 spiro atoms. The fourth-order valence-corrected chi connectivity index (χ4v) is 3.01. The molecule has 2 atom stereocenters. The Morgan fingerprint density at radius 1 is 1.24 bits per heavy atom. The fourth-order valence-electron chi connectivity index (χ4n) is 3.01. The van der Waals surface area contributed by atoms with Gasteiger partial charge >= 0.3 is 0 Å². The summed E-state index contributed by atoms with van der Waals surface area (Å²) in [4.78, 5) is 2.58. The van der Waals surface area contributed by atoms with Crippen LogP contribution in [0.5, 0.6) is 5.75 Å². The van der Waals surface area contributed by atoms with Crippen molar-refractivity contribution in [3.05, 3.63) is 29.8 Å². The number of hydrogen-bond donors (Lipinski definition) is 1. The van der Waals surface area contributed by atoms with Gasteiger partial charge in [0, 0.05) is 31.8 Å². The van der Waals surface area contributed by atoms with Crippen molar-refractivity contribution in [1.82, 2.24) is 10.2 Å². The average molecular weight is 292 g/mol. The van der Waals surface area contributed by atoms with Gasteiger partial charge in [-0.2, -0.15) is 0 Å². The Kier molecular flexibility index (Phi) is 6.03. The van der Waals surface area contributed by atoms with Crippen LogP contribution in [0.4, 0.5) is 0 Å². The number of methoxy groups -OCH3 is 2. The van der Waals surface area contributed by atoms with Crippen LogP contribution in [-0.2, 0) is 4.74 Å². The summed E-state index contributed by atoms with van der Waals surface area (Å²) in [6, 6.07) is 9.84. The average Bonchev–Trinajstić information content (AvgIpc) is 3.34. The summed E-state index contributed by atoms with van der Waals surface area (Å²) < 4.78 is 10.5. The first-order chi connectivity index (χ1) is 10.2. The van der Waals surface area contributed by atoms with Gasteiger partial charge in [0.1, 0.15) is 5.75 Å². The van der Waals surface area contributed by atoms with Gasteiger partial charge in [0.2, 0.25) is 0 Å². The first kappa shape index (κ1) is 16.3. The van der Waals surface area contributed by atoms with E-state index in [1.165, 1.54) is 18.4 Å². The molecule has 4 nitrogen and oxygen atoms in total. The third kappa shape index (κ3) is 4.19. The smallest absolute Gasteiger partial charge is 0.118 e. The number of likely N-dealkylation sites (N-methyl/N-ethyl adjacent to an activating group) is 1. The zero-order chi connectivity index (χ0) is 15.2. The molecule has 0 aromatic heterocycles. The molecular weight excluding hydrogens is 264 g/mol. The van der Waals surface area contributed by atoms with Crippen LogP contribution in [0.2, 0.25) is 0 Å². The van der Waals surface area contributed by atoms with E-state index < -0.39 is 0 Å². The molecule has 2 rings (SSSR count). The SMILES string of the molecule is CNC(c1ccc(OC)cc1)C(C)N(CCOC)C1CC1. The largest absolute Gasteiger partial charge is 0.497 e. The predicted octanol–water partition coefficient (Wildman–Crippen LogP) is 2.46. The maximum Gasteiger partial charge on any atom is 0.118 e. The highest BCUT2D eigenvalue weighted by Crippen LogP contribution is 2.32. The van der Waals surface area contributed by atoms with Crippen LogP contribution in [0.25, 0.3) is 0 Å². The first-order valence-electron chi connectivity index (χ1n) is 7.77. The lowest BCUT2D eigenvalue weighted by Crippen LogP contribution is -2.44. The molecule has 21 heavy (non-hydrogen) atoms. The van der Waals surface area contributed by atoms with E-state index in [1.54, 1.807) is 14.2 Å². The monoisotopic (exact) mass is 292 g/mol. The van der Waals surface area contributed by atoms with E-state index in [4.69, 9.17) is 9.47 Å². The van der Waals surface area contributed by atoms with Crippen molar-refractivity contribution >= 4 is 0 Å². The van der Waals surface area contributed by atoms with Crippen LogP contribution in [-0.4, -0.2) is 51.4 Å². The van der Waals surface area contributed by atoms with Gasteiger partial charge in [-0.25, -0.2) is 0 Å². The minimum atomic E-state index is 0.313. The lowest BCUT2D eigenvalue weighted by molar-refractivity contribution is 0.104. The molecule has 1 aromatic carbocycles. The Hall–Kier alpha value is -1.10. The zero-order valence-corrected chi connectivity index (χ0v) is 13.6. The van der Waals surface area contributed by atoms with Gasteiger partial charge in [0.05, 0.1) is 13.7 Å². The van der Waals surface area contributed by atoms with Crippen LogP contribution in [0, 0.1) is 0 Å². The second-order valence-electron chi connectivity index (χ2n) is 5.74. The molecule has 1 aliphatic rings. The summed E-state index contributed by atoms with van der Waals surface area (Å²) >= 11 is 0. The van der Waals surface area contributed by atoms with E-state index in [2.05, 4.69) is 29.3 Å². The van der Waals surface area contributed by atoms with Gasteiger partial charge in [-0.3, -0.25) is 4.90 Å². The minimum absolute atomic E-state index is 0.313. The van der Waals surface area contributed by atoms with Crippen molar-refractivity contribution in [1.29, 1.82) is 0 Å². The number of ether oxygens (including phenoxy) is 2. The van der Waals surface area contributed by atoms with Crippen molar-refractivity contribution in [2.75, 3.05) is 34.4 Å². The maximum absolute atomic E-state index is 5.27. The summed E-state index contributed by atoms with van der Waals surface area (Å²) in [6.07, 6.45) is 2.63. The van der Waals surface area contributed by atoms with Gasteiger partial charge < -0.3 is 14.8 Å². The summed E-state index contributed by atoms with van der Waals surface area (Å²) in [5.74, 6) is 0.902. The molecule has 1 aromatic rings. The molecule has 1 fully saturated rings. The molecule has 4 heteroatoms. The standard InChI is InChI=1S/C17H28N2O2/c1-13(19(11-12-20-3)15-7-8-15)17(18-2)14-5-9-16(21-4)10-6-14/h5-6,9-10,13,15,17-18H,7-8,11-12H2,1-4H3. The van der Waals surface area contributed by atoms with Gasteiger partial charge in [-0.1, -0.05) is 12.1 Å². The highest BCUT2D eigenvalue weighted by atomic mass is 16.5. The maximum atomic E-state index is 5.27. The van der Waals surface area contributed by atoms with Crippen LogP contribution < -0.4 is 10.1 Å². The number of benzene rings is 1. The topological polar surface area (TPSA) is 33.7 Å². The van der Waals surface area contributed by atoms with E-state index in [0.717, 1.165) is 24.9 Å². The number of nitrogens with one attached hydrogen (secondary N) is 1. The molecule has 1 aliphatic carbocycles. The summed E-state index contributed by atoms with van der Waals surface area (Å²) in [5.41, 5.74) is 1.30. The van der Waals surface area contributed by atoms with Gasteiger partial charge in [0.15, 0.2) is 0 Å². The van der Waals surface area contributed by atoms with Crippen LogP contribution in [0.1, 0.15) is 31.4 Å². The molecule has 118 valence electrons. The molecule has 1 saturated carbocycles. The van der Waals surface area contributed by atoms with E-state index in [0.29, 0.717) is 12.1 Å². The Morgan fingerprint density at radius 2 is 1.90 bits per heavy atom. The molecule has 0 bridgehead atoms. The number of hydrogen-bond acceptors (Lipinski definition) is 4. The Labute approximate surface area is 128 Å². The number of nitrogens with zero attached hydrogens (tertiary/aromatic N) is 1. The van der Waals surface area contributed by atoms with Crippen molar-refractivity contribution < 1.29 is 9.47 Å². The summed E-state index contributed by atoms with van der Waals surface area (Å²) in [5, 5.41) is 3.47. The Balaban J connectivity index is 2.09. The van der Waals surface area contributed by atoms with Crippen molar-refractivity contribution in [2.24, 2.45) is 0 Å². The van der Waals surface area contributed by atoms with Gasteiger partial charge in [0.25, 0.3) is 0 Å². The van der Waals surface area contributed by atoms with Gasteiger partial charge in [-0.15, -0.1) is 0 Å².